The van der Waals surface area contributed by atoms with Crippen molar-refractivity contribution in [2.24, 2.45) is 0 Å². The topological polar surface area (TPSA) is 124 Å². The molecule has 0 unspecified atom stereocenters. The molecule has 0 bridgehead atoms. The second-order valence-corrected chi connectivity index (χ2v) is 5.90. The minimum absolute atomic E-state index is 0.129. The Kier molecular flexibility index (Phi) is 5.41. The van der Waals surface area contributed by atoms with Gasteiger partial charge in [0.05, 0.1) is 23.8 Å². The molecule has 0 amide bonds. The maximum Gasteiger partial charge on any atom is 0.373 e. The fraction of sp³-hybridized carbons (Fsp3) is 0.375. The molecule has 0 aromatic carbocycles. The summed E-state index contributed by atoms with van der Waals surface area (Å²) in [4.78, 5) is 38.6. The first-order valence-corrected chi connectivity index (χ1v) is 8.13. The quantitative estimate of drug-likeness (QED) is 0.427. The van der Waals surface area contributed by atoms with Crippen LogP contribution in [0.5, 0.6) is 11.6 Å². The lowest BCUT2D eigenvalue weighted by atomic mass is 10.3. The molecule has 3 heterocycles. The zero-order valence-electron chi connectivity index (χ0n) is 14.9. The Balaban J connectivity index is 1.93. The van der Waals surface area contributed by atoms with Gasteiger partial charge in [-0.15, -0.1) is 0 Å². The van der Waals surface area contributed by atoms with Crippen LogP contribution in [0.2, 0.25) is 0 Å². The summed E-state index contributed by atoms with van der Waals surface area (Å²) < 4.78 is 10.2. The zero-order valence-corrected chi connectivity index (χ0v) is 14.9. The van der Waals surface area contributed by atoms with Crippen LogP contribution in [0.4, 0.5) is 11.5 Å². The van der Waals surface area contributed by atoms with E-state index in [2.05, 4.69) is 24.6 Å². The van der Waals surface area contributed by atoms with Crippen LogP contribution in [0.1, 0.15) is 10.4 Å². The monoisotopic (exact) mass is 374 g/mol. The normalized spacial score (nSPS) is 14.7. The van der Waals surface area contributed by atoms with Gasteiger partial charge >= 0.3 is 17.5 Å². The number of hydrogen-bond acceptors (Lipinski definition) is 10. The van der Waals surface area contributed by atoms with Gasteiger partial charge in [-0.2, -0.15) is 4.98 Å². The number of nitrogens with zero attached hydrogens (tertiary/aromatic N) is 6. The third kappa shape index (κ3) is 4.08. The van der Waals surface area contributed by atoms with Crippen molar-refractivity contribution in [2.75, 3.05) is 45.2 Å². The number of carbonyl (C=O) groups is 1. The predicted octanol–water partition coefficient (Wildman–Crippen LogP) is 1.11. The highest BCUT2D eigenvalue weighted by molar-refractivity contribution is 5.89. The van der Waals surface area contributed by atoms with Crippen LogP contribution >= 0.6 is 0 Å². The van der Waals surface area contributed by atoms with Crippen LogP contribution < -0.4 is 9.64 Å². The van der Waals surface area contributed by atoms with E-state index in [0.717, 1.165) is 13.1 Å². The van der Waals surface area contributed by atoms with Gasteiger partial charge in [0, 0.05) is 32.4 Å². The van der Waals surface area contributed by atoms with Gasteiger partial charge in [-0.3, -0.25) is 15.1 Å². The lowest BCUT2D eigenvalue weighted by molar-refractivity contribution is -0.385. The molecular formula is C16H18N6O5. The molecule has 2 aromatic heterocycles. The number of piperazine rings is 1. The molecule has 1 aliphatic heterocycles. The second kappa shape index (κ2) is 7.91. The molecule has 0 saturated carbocycles. The number of pyridine rings is 1. The highest BCUT2D eigenvalue weighted by atomic mass is 16.6. The number of nitro groups is 1. The molecule has 0 spiro atoms. The molecule has 1 fully saturated rings. The summed E-state index contributed by atoms with van der Waals surface area (Å²) in [7, 11) is 3.23. The maximum absolute atomic E-state index is 11.7. The Hall–Kier alpha value is -3.34. The fourth-order valence-corrected chi connectivity index (χ4v) is 2.65. The standard InChI is InChI=1S/C16H18N6O5/c1-20-3-5-21(6-4-20)14-13(22(24)25)15(19-10-18-14)27-12-7-11(8-17-9-12)16(23)26-2/h7-10H,3-6H2,1-2H3. The highest BCUT2D eigenvalue weighted by Gasteiger charge is 2.30. The lowest BCUT2D eigenvalue weighted by Gasteiger charge is -2.32. The molecule has 3 rings (SSSR count). The van der Waals surface area contributed by atoms with Crippen LogP contribution in [0.3, 0.4) is 0 Å². The molecular weight excluding hydrogens is 356 g/mol. The molecule has 1 saturated heterocycles. The summed E-state index contributed by atoms with van der Waals surface area (Å²) >= 11 is 0. The van der Waals surface area contributed by atoms with E-state index in [1.165, 1.54) is 31.9 Å². The fourth-order valence-electron chi connectivity index (χ4n) is 2.65. The van der Waals surface area contributed by atoms with E-state index in [9.17, 15) is 14.9 Å². The molecule has 11 heteroatoms. The van der Waals surface area contributed by atoms with Crippen molar-refractivity contribution < 1.29 is 19.2 Å². The average molecular weight is 374 g/mol. The van der Waals surface area contributed by atoms with E-state index in [1.807, 2.05) is 11.9 Å². The molecule has 2 aromatic rings. The molecule has 0 atom stereocenters. The van der Waals surface area contributed by atoms with Crippen molar-refractivity contribution in [1.82, 2.24) is 19.9 Å². The number of carbonyl (C=O) groups excluding carboxylic acids is 1. The number of likely N-dealkylation sites (N-methyl/N-ethyl adjacent to an activating group) is 1. The third-order valence-corrected chi connectivity index (χ3v) is 4.10. The Bertz CT molecular complexity index is 853. The van der Waals surface area contributed by atoms with Crippen molar-refractivity contribution in [2.45, 2.75) is 0 Å². The molecule has 0 N–H and O–H groups in total. The summed E-state index contributed by atoms with van der Waals surface area (Å²) in [6.45, 7) is 2.74. The molecule has 142 valence electrons. The number of anilines is 1. The Morgan fingerprint density at radius 2 is 1.96 bits per heavy atom. The Labute approximate surface area is 154 Å². The molecule has 0 aliphatic carbocycles. The minimum atomic E-state index is -0.594. The van der Waals surface area contributed by atoms with Crippen LogP contribution in [0.25, 0.3) is 0 Å². The van der Waals surface area contributed by atoms with E-state index < -0.39 is 10.9 Å². The van der Waals surface area contributed by atoms with Gasteiger partial charge in [0.2, 0.25) is 5.82 Å². The zero-order chi connectivity index (χ0) is 19.4. The largest absolute Gasteiger partial charge is 0.465 e. The van der Waals surface area contributed by atoms with Gasteiger partial charge in [-0.1, -0.05) is 0 Å². The summed E-state index contributed by atoms with van der Waals surface area (Å²) in [5, 5.41) is 11.7. The first-order valence-electron chi connectivity index (χ1n) is 8.13. The van der Waals surface area contributed by atoms with Crippen molar-refractivity contribution in [3.63, 3.8) is 0 Å². The number of rotatable bonds is 5. The highest BCUT2D eigenvalue weighted by Crippen LogP contribution is 2.36. The Morgan fingerprint density at radius 1 is 1.22 bits per heavy atom. The van der Waals surface area contributed by atoms with Crippen LogP contribution in [0.15, 0.2) is 24.8 Å². The SMILES string of the molecule is COC(=O)c1cncc(Oc2ncnc(N3CCN(C)CC3)c2[N+](=O)[O-])c1. The lowest BCUT2D eigenvalue weighted by Crippen LogP contribution is -2.45. The van der Waals surface area contributed by atoms with E-state index >= 15 is 0 Å². The number of aromatic nitrogens is 3. The van der Waals surface area contributed by atoms with Crippen molar-refractivity contribution in [3.8, 4) is 11.6 Å². The van der Waals surface area contributed by atoms with Gasteiger partial charge < -0.3 is 19.3 Å². The Morgan fingerprint density at radius 3 is 2.63 bits per heavy atom. The third-order valence-electron chi connectivity index (χ3n) is 4.10. The number of ether oxygens (including phenoxy) is 2. The van der Waals surface area contributed by atoms with E-state index in [0.29, 0.717) is 13.1 Å². The minimum Gasteiger partial charge on any atom is -0.465 e. The first kappa shape index (κ1) is 18.5. The van der Waals surface area contributed by atoms with E-state index in [4.69, 9.17) is 4.74 Å². The first-order chi connectivity index (χ1) is 13.0. The predicted molar refractivity (Wildman–Crippen MR) is 94.0 cm³/mol. The molecule has 0 radical (unpaired) electrons. The van der Waals surface area contributed by atoms with Gasteiger partial charge in [-0.05, 0) is 13.1 Å². The summed E-state index contributed by atoms with van der Waals surface area (Å²) in [5.74, 6) is -0.477. The molecule has 27 heavy (non-hydrogen) atoms. The smallest absolute Gasteiger partial charge is 0.373 e. The molecule has 11 nitrogen and oxygen atoms in total. The average Bonchev–Trinajstić information content (AvgIpc) is 2.68. The van der Waals surface area contributed by atoms with Gasteiger partial charge in [-0.25, -0.2) is 9.78 Å². The molecule has 1 aliphatic rings. The van der Waals surface area contributed by atoms with Crippen molar-refractivity contribution in [1.29, 1.82) is 0 Å². The maximum atomic E-state index is 11.7. The number of esters is 1. The second-order valence-electron chi connectivity index (χ2n) is 5.90. The van der Waals surface area contributed by atoms with Crippen molar-refractivity contribution >= 4 is 17.5 Å². The van der Waals surface area contributed by atoms with Gasteiger partial charge in [0.25, 0.3) is 0 Å². The van der Waals surface area contributed by atoms with Crippen molar-refractivity contribution in [3.05, 3.63) is 40.5 Å². The summed E-state index contributed by atoms with van der Waals surface area (Å²) in [5.41, 5.74) is -0.170. The van der Waals surface area contributed by atoms with E-state index in [-0.39, 0.29) is 28.7 Å². The summed E-state index contributed by atoms with van der Waals surface area (Å²) in [6.07, 6.45) is 3.85. The summed E-state index contributed by atoms with van der Waals surface area (Å²) in [6, 6.07) is 1.38. The van der Waals surface area contributed by atoms with Crippen LogP contribution in [-0.4, -0.2) is 71.1 Å². The van der Waals surface area contributed by atoms with Crippen LogP contribution in [0, 0.1) is 10.1 Å². The van der Waals surface area contributed by atoms with E-state index in [1.54, 1.807) is 0 Å². The van der Waals surface area contributed by atoms with Gasteiger partial charge in [0.1, 0.15) is 12.1 Å². The number of methoxy groups -OCH3 is 1. The van der Waals surface area contributed by atoms with Gasteiger partial charge in [0.15, 0.2) is 0 Å². The number of hydrogen-bond donors (Lipinski definition) is 0. The van der Waals surface area contributed by atoms with Crippen LogP contribution in [-0.2, 0) is 4.74 Å².